The molecule has 10 nitrogen and oxygen atoms in total. The molecule has 0 atom stereocenters. The van der Waals surface area contributed by atoms with Gasteiger partial charge in [-0.05, 0) is 24.5 Å². The summed E-state index contributed by atoms with van der Waals surface area (Å²) in [6.45, 7) is -1.84. The highest BCUT2D eigenvalue weighted by Crippen LogP contribution is 2.34. The molecule has 1 aromatic heterocycles. The fourth-order valence-corrected chi connectivity index (χ4v) is 3.94. The fourth-order valence-electron chi connectivity index (χ4n) is 3.94. The number of amides is 2. The van der Waals surface area contributed by atoms with Gasteiger partial charge in [-0.3, -0.25) is 23.7 Å². The maximum Gasteiger partial charge on any atom is 0.416 e. The van der Waals surface area contributed by atoms with Crippen LogP contribution in [0.1, 0.15) is 57.5 Å². The number of benzene rings is 1. The van der Waals surface area contributed by atoms with E-state index in [1.807, 2.05) is 5.32 Å². The van der Waals surface area contributed by atoms with Crippen LogP contribution >= 0.6 is 0 Å². The van der Waals surface area contributed by atoms with Gasteiger partial charge in [0.2, 0.25) is 5.88 Å². The molecule has 1 aliphatic carbocycles. The summed E-state index contributed by atoms with van der Waals surface area (Å²) in [6, 6.07) is 3.88. The monoisotopic (exact) mass is 497 g/mol. The van der Waals surface area contributed by atoms with Crippen molar-refractivity contribution in [1.82, 2.24) is 15.2 Å². The van der Waals surface area contributed by atoms with E-state index in [0.717, 1.165) is 31.0 Å². The van der Waals surface area contributed by atoms with Crippen molar-refractivity contribution >= 4 is 17.8 Å². The molecule has 1 saturated carbocycles. The summed E-state index contributed by atoms with van der Waals surface area (Å²) in [6.07, 6.45) is -1.95. The third-order valence-corrected chi connectivity index (χ3v) is 5.61. The number of carbonyl (C=O) groups is 3. The average Bonchev–Trinajstić information content (AvgIpc) is 3.28. The number of nitrogens with zero attached hydrogens (tertiary/aromatic N) is 1. The molecule has 0 spiro atoms. The van der Waals surface area contributed by atoms with E-state index in [4.69, 9.17) is 5.11 Å². The predicted molar refractivity (Wildman–Crippen MR) is 114 cm³/mol. The first-order valence-corrected chi connectivity index (χ1v) is 10.6. The fraction of sp³-hybridized carbons (Fsp3) is 0.364. The Hall–Kier alpha value is -4.03. The summed E-state index contributed by atoms with van der Waals surface area (Å²) in [5.74, 6) is -6.27. The molecule has 1 aliphatic rings. The van der Waals surface area contributed by atoms with Crippen LogP contribution in [0, 0.1) is 0 Å². The second-order valence-electron chi connectivity index (χ2n) is 8.00. The number of hydrogen-bond acceptors (Lipinski definition) is 6. The minimum atomic E-state index is -4.81. The first kappa shape index (κ1) is 25.6. The summed E-state index contributed by atoms with van der Waals surface area (Å²) in [4.78, 5) is 49.2. The normalized spacial score (nSPS) is 14.0. The second kappa shape index (κ2) is 10.1. The van der Waals surface area contributed by atoms with Gasteiger partial charge in [0.15, 0.2) is 5.75 Å². The number of carboxylic acids is 1. The Morgan fingerprint density at radius 2 is 1.66 bits per heavy atom. The van der Waals surface area contributed by atoms with Crippen molar-refractivity contribution in [3.63, 3.8) is 0 Å². The number of pyridine rings is 1. The van der Waals surface area contributed by atoms with E-state index in [0.29, 0.717) is 17.4 Å². The zero-order chi connectivity index (χ0) is 25.9. The minimum Gasteiger partial charge on any atom is -0.506 e. The largest absolute Gasteiger partial charge is 0.506 e. The van der Waals surface area contributed by atoms with E-state index in [9.17, 15) is 42.6 Å². The van der Waals surface area contributed by atoms with Gasteiger partial charge in [-0.1, -0.05) is 31.0 Å². The Morgan fingerprint density at radius 1 is 1.03 bits per heavy atom. The van der Waals surface area contributed by atoms with Crippen LogP contribution in [0.2, 0.25) is 0 Å². The first-order chi connectivity index (χ1) is 16.4. The van der Waals surface area contributed by atoms with Crippen molar-refractivity contribution in [3.05, 3.63) is 56.9 Å². The Morgan fingerprint density at radius 3 is 2.26 bits per heavy atom. The highest BCUT2D eigenvalue weighted by atomic mass is 19.4. The van der Waals surface area contributed by atoms with Gasteiger partial charge in [-0.2, -0.15) is 13.2 Å². The Kier molecular flexibility index (Phi) is 7.37. The predicted octanol–water partition coefficient (Wildman–Crippen LogP) is 1.81. The van der Waals surface area contributed by atoms with E-state index in [2.05, 4.69) is 5.32 Å². The molecule has 0 radical (unpaired) electrons. The number of aromatic hydroxyl groups is 2. The van der Waals surface area contributed by atoms with Crippen LogP contribution in [0.3, 0.4) is 0 Å². The number of carbonyl (C=O) groups excluding carboxylic acids is 2. The van der Waals surface area contributed by atoms with E-state index in [1.165, 1.54) is 6.07 Å². The van der Waals surface area contributed by atoms with Gasteiger partial charge in [-0.25, -0.2) is 0 Å². The van der Waals surface area contributed by atoms with Crippen molar-refractivity contribution in [2.24, 2.45) is 0 Å². The standard InChI is InChI=1S/C22H22F3N3O7/c23-22(24,25)13-8-4-1-5-11(13)10-28-20(34)15(18(32)26-9-14(29)30)17(31)16(21(28)35)19(33)27-12-6-2-3-7-12/h1,4-5,8,12,31,35H,2-3,6-7,9-10H2,(H,26,32)(H,27,33)(H,29,30). The molecule has 188 valence electrons. The third kappa shape index (κ3) is 5.55. The van der Waals surface area contributed by atoms with Gasteiger partial charge >= 0.3 is 12.1 Å². The number of alkyl halides is 3. The van der Waals surface area contributed by atoms with Gasteiger partial charge in [0.1, 0.15) is 17.7 Å². The molecule has 35 heavy (non-hydrogen) atoms. The van der Waals surface area contributed by atoms with Crippen LogP contribution in [0.5, 0.6) is 11.6 Å². The highest BCUT2D eigenvalue weighted by Gasteiger charge is 2.35. The Balaban J connectivity index is 2.16. The summed E-state index contributed by atoms with van der Waals surface area (Å²) in [5.41, 5.74) is -4.97. The number of carboxylic acid groups (broad SMARTS) is 1. The Bertz CT molecular complexity index is 1220. The molecule has 2 amide bonds. The second-order valence-corrected chi connectivity index (χ2v) is 8.00. The number of hydrogen-bond donors (Lipinski definition) is 5. The van der Waals surface area contributed by atoms with Crippen LogP contribution in [-0.2, 0) is 17.5 Å². The lowest BCUT2D eigenvalue weighted by molar-refractivity contribution is -0.138. The third-order valence-electron chi connectivity index (χ3n) is 5.61. The number of nitrogens with one attached hydrogen (secondary N) is 2. The van der Waals surface area contributed by atoms with E-state index < -0.39 is 76.5 Å². The van der Waals surface area contributed by atoms with Crippen molar-refractivity contribution in [1.29, 1.82) is 0 Å². The van der Waals surface area contributed by atoms with Crippen LogP contribution in [0.15, 0.2) is 29.1 Å². The number of halogens is 3. The topological polar surface area (TPSA) is 158 Å². The van der Waals surface area contributed by atoms with Crippen LogP contribution in [0.4, 0.5) is 13.2 Å². The molecule has 3 rings (SSSR count). The summed E-state index contributed by atoms with van der Waals surface area (Å²) in [7, 11) is 0. The van der Waals surface area contributed by atoms with Gasteiger partial charge in [0, 0.05) is 6.04 Å². The van der Waals surface area contributed by atoms with Crippen molar-refractivity contribution in [3.8, 4) is 11.6 Å². The first-order valence-electron chi connectivity index (χ1n) is 10.6. The lowest BCUT2D eigenvalue weighted by Crippen LogP contribution is -2.38. The maximum absolute atomic E-state index is 13.5. The van der Waals surface area contributed by atoms with Gasteiger partial charge in [-0.15, -0.1) is 0 Å². The quantitative estimate of drug-likeness (QED) is 0.390. The molecule has 0 bridgehead atoms. The molecule has 13 heteroatoms. The highest BCUT2D eigenvalue weighted by molar-refractivity contribution is 6.05. The smallest absolute Gasteiger partial charge is 0.416 e. The van der Waals surface area contributed by atoms with E-state index >= 15 is 0 Å². The molecular weight excluding hydrogens is 475 g/mol. The molecule has 1 fully saturated rings. The van der Waals surface area contributed by atoms with E-state index in [-0.39, 0.29) is 6.04 Å². The summed E-state index contributed by atoms with van der Waals surface area (Å²) in [5, 5.41) is 34.5. The molecule has 1 aromatic carbocycles. The molecule has 0 saturated heterocycles. The van der Waals surface area contributed by atoms with Crippen LogP contribution in [-0.4, -0.2) is 50.3 Å². The zero-order valence-corrected chi connectivity index (χ0v) is 18.2. The molecular formula is C22H22F3N3O7. The lowest BCUT2D eigenvalue weighted by Gasteiger charge is -2.19. The lowest BCUT2D eigenvalue weighted by atomic mass is 10.1. The van der Waals surface area contributed by atoms with Gasteiger partial charge < -0.3 is 26.0 Å². The van der Waals surface area contributed by atoms with Crippen molar-refractivity contribution in [2.75, 3.05) is 6.54 Å². The number of aliphatic carboxylic acids is 1. The Labute approximate surface area is 196 Å². The van der Waals surface area contributed by atoms with Crippen LogP contribution in [0.25, 0.3) is 0 Å². The maximum atomic E-state index is 13.5. The SMILES string of the molecule is O=C(O)CNC(=O)c1c(O)c(C(=O)NC2CCCC2)c(O)n(Cc2ccccc2C(F)(F)F)c1=O. The summed E-state index contributed by atoms with van der Waals surface area (Å²) < 4.78 is 40.7. The zero-order valence-electron chi connectivity index (χ0n) is 18.2. The molecule has 0 unspecified atom stereocenters. The van der Waals surface area contributed by atoms with Crippen molar-refractivity contribution in [2.45, 2.75) is 44.4 Å². The van der Waals surface area contributed by atoms with Crippen molar-refractivity contribution < 1.29 is 42.9 Å². The van der Waals surface area contributed by atoms with Crippen LogP contribution < -0.4 is 16.2 Å². The number of rotatable bonds is 7. The molecule has 5 N–H and O–H groups in total. The average molecular weight is 497 g/mol. The van der Waals surface area contributed by atoms with Gasteiger partial charge in [0.05, 0.1) is 12.1 Å². The van der Waals surface area contributed by atoms with E-state index in [1.54, 1.807) is 0 Å². The minimum absolute atomic E-state index is 0.308. The molecule has 2 aromatic rings. The number of aromatic nitrogens is 1. The van der Waals surface area contributed by atoms with Gasteiger partial charge in [0.25, 0.3) is 17.4 Å². The molecule has 0 aliphatic heterocycles. The summed E-state index contributed by atoms with van der Waals surface area (Å²) >= 11 is 0. The molecule has 1 heterocycles.